The van der Waals surface area contributed by atoms with Gasteiger partial charge in [-0.05, 0) is 48.4 Å². The first-order valence-corrected chi connectivity index (χ1v) is 13.7. The zero-order valence-corrected chi connectivity index (χ0v) is 22.5. The lowest BCUT2D eigenvalue weighted by atomic mass is 10.1. The van der Waals surface area contributed by atoms with Crippen molar-refractivity contribution in [2.75, 3.05) is 0 Å². The summed E-state index contributed by atoms with van der Waals surface area (Å²) in [5.74, 6) is 1.59. The van der Waals surface area contributed by atoms with Crippen LogP contribution < -0.4 is 0 Å². The normalized spacial score (nSPS) is 11.1. The molecule has 194 valence electrons. The summed E-state index contributed by atoms with van der Waals surface area (Å²) in [6, 6.07) is 43.1. The van der Waals surface area contributed by atoms with Gasteiger partial charge in [0.15, 0.2) is 17.5 Å². The Balaban J connectivity index is 1.48. The zero-order valence-electron chi connectivity index (χ0n) is 22.5. The van der Waals surface area contributed by atoms with Gasteiger partial charge in [0.25, 0.3) is 0 Å². The number of rotatable bonds is 5. The molecule has 2 heterocycles. The quantitative estimate of drug-likeness (QED) is 0.225. The maximum atomic E-state index is 10.1. The maximum Gasteiger partial charge on any atom is 0.165 e. The molecule has 2 aromatic heterocycles. The molecule has 0 radical (unpaired) electrons. The maximum absolute atomic E-state index is 10.1. The third-order valence-electron chi connectivity index (χ3n) is 7.47. The Bertz CT molecular complexity index is 2030. The van der Waals surface area contributed by atoms with Crippen LogP contribution in [-0.2, 0) is 6.42 Å². The molecule has 41 heavy (non-hydrogen) atoms. The summed E-state index contributed by atoms with van der Waals surface area (Å²) in [4.78, 5) is 14.6. The molecule has 5 aromatic carbocycles. The smallest absolute Gasteiger partial charge is 0.165 e. The molecule has 7 aromatic rings. The summed E-state index contributed by atoms with van der Waals surface area (Å²) in [5, 5.41) is 12.6. The van der Waals surface area contributed by atoms with Gasteiger partial charge in [-0.3, -0.25) is 0 Å². The fourth-order valence-electron chi connectivity index (χ4n) is 5.40. The van der Waals surface area contributed by atoms with Gasteiger partial charge in [0.2, 0.25) is 0 Å². The molecular formula is C36H25N5. The van der Waals surface area contributed by atoms with E-state index in [4.69, 9.17) is 15.0 Å². The van der Waals surface area contributed by atoms with Crippen LogP contribution in [0.5, 0.6) is 0 Å². The number of aryl methyl sites for hydroxylation is 1. The summed E-state index contributed by atoms with van der Waals surface area (Å²) in [6.45, 7) is 2.18. The Kier molecular flexibility index (Phi) is 6.07. The molecule has 7 rings (SSSR count). The fourth-order valence-corrected chi connectivity index (χ4v) is 5.40. The number of aromatic nitrogens is 4. The number of benzene rings is 5. The molecular weight excluding hydrogens is 502 g/mol. The van der Waals surface area contributed by atoms with Crippen LogP contribution in [0.4, 0.5) is 0 Å². The van der Waals surface area contributed by atoms with Gasteiger partial charge in [-0.25, -0.2) is 15.0 Å². The summed E-state index contributed by atoms with van der Waals surface area (Å²) in [7, 11) is 0. The standard InChI is InChI=1S/C36H25N5/c1-2-24-17-20-33-31(21-24)29-15-9-10-16-32(29)41(33)28-19-18-27(23-37)30(22-28)36-39-34(25-11-5-3-6-12-25)38-35(40-36)26-13-7-4-8-14-26/h3-22H,2H2,1H3. The average molecular weight is 528 g/mol. The van der Waals surface area contributed by atoms with Crippen LogP contribution >= 0.6 is 0 Å². The van der Waals surface area contributed by atoms with Crippen molar-refractivity contribution in [2.45, 2.75) is 13.3 Å². The van der Waals surface area contributed by atoms with E-state index in [0.717, 1.165) is 34.3 Å². The minimum atomic E-state index is 0.463. The average Bonchev–Trinajstić information content (AvgIpc) is 3.38. The third kappa shape index (κ3) is 4.32. The molecule has 0 amide bonds. The zero-order chi connectivity index (χ0) is 27.8. The van der Waals surface area contributed by atoms with Crippen LogP contribution in [0.25, 0.3) is 61.7 Å². The molecule has 0 aliphatic heterocycles. The van der Waals surface area contributed by atoms with Crippen LogP contribution in [0, 0.1) is 11.3 Å². The van der Waals surface area contributed by atoms with Crippen molar-refractivity contribution < 1.29 is 0 Å². The lowest BCUT2D eigenvalue weighted by Gasteiger charge is -2.13. The van der Waals surface area contributed by atoms with Gasteiger partial charge in [0.1, 0.15) is 0 Å². The van der Waals surface area contributed by atoms with E-state index in [-0.39, 0.29) is 0 Å². The van der Waals surface area contributed by atoms with Crippen molar-refractivity contribution >= 4 is 21.8 Å². The van der Waals surface area contributed by atoms with E-state index in [9.17, 15) is 5.26 Å². The second-order valence-electron chi connectivity index (χ2n) is 9.94. The molecule has 0 atom stereocenters. The first kappa shape index (κ1) is 24.4. The Morgan fingerprint density at radius 3 is 1.88 bits per heavy atom. The highest BCUT2D eigenvalue weighted by atomic mass is 15.0. The van der Waals surface area contributed by atoms with E-state index in [0.29, 0.717) is 28.6 Å². The largest absolute Gasteiger partial charge is 0.309 e. The number of hydrogen-bond donors (Lipinski definition) is 0. The van der Waals surface area contributed by atoms with Gasteiger partial charge in [0.05, 0.1) is 22.7 Å². The molecule has 0 N–H and O–H groups in total. The summed E-state index contributed by atoms with van der Waals surface area (Å²) >= 11 is 0. The van der Waals surface area contributed by atoms with Crippen molar-refractivity contribution in [1.29, 1.82) is 5.26 Å². The Morgan fingerprint density at radius 1 is 0.610 bits per heavy atom. The van der Waals surface area contributed by atoms with E-state index in [1.54, 1.807) is 0 Å². The van der Waals surface area contributed by atoms with Crippen molar-refractivity contribution in [3.8, 4) is 45.9 Å². The number of nitrogens with zero attached hydrogens (tertiary/aromatic N) is 5. The second kappa shape index (κ2) is 10.2. The molecule has 0 spiro atoms. The van der Waals surface area contributed by atoms with Crippen molar-refractivity contribution in [1.82, 2.24) is 19.5 Å². The molecule has 0 aliphatic carbocycles. The lowest BCUT2D eigenvalue weighted by molar-refractivity contribution is 1.07. The SMILES string of the molecule is CCc1ccc2c(c1)c1ccccc1n2-c1ccc(C#N)c(-c2nc(-c3ccccc3)nc(-c3ccccc3)n2)c1. The van der Waals surface area contributed by atoms with Crippen LogP contribution in [-0.4, -0.2) is 19.5 Å². The molecule has 0 aliphatic rings. The minimum absolute atomic E-state index is 0.463. The minimum Gasteiger partial charge on any atom is -0.309 e. The summed E-state index contributed by atoms with van der Waals surface area (Å²) in [5.41, 5.74) is 7.41. The van der Waals surface area contributed by atoms with E-state index < -0.39 is 0 Å². The molecule has 0 saturated carbocycles. The first-order chi connectivity index (χ1) is 20.2. The van der Waals surface area contributed by atoms with E-state index >= 15 is 0 Å². The number of fused-ring (bicyclic) bond motifs is 3. The van der Waals surface area contributed by atoms with E-state index in [1.165, 1.54) is 16.3 Å². The topological polar surface area (TPSA) is 67.4 Å². The van der Waals surface area contributed by atoms with Crippen LogP contribution in [0.3, 0.4) is 0 Å². The van der Waals surface area contributed by atoms with Gasteiger partial charge in [-0.15, -0.1) is 0 Å². The predicted octanol–water partition coefficient (Wildman–Crippen LogP) is 8.40. The van der Waals surface area contributed by atoms with Crippen LogP contribution in [0.2, 0.25) is 0 Å². The first-order valence-electron chi connectivity index (χ1n) is 13.7. The van der Waals surface area contributed by atoms with E-state index in [2.05, 4.69) is 60.0 Å². The van der Waals surface area contributed by atoms with E-state index in [1.807, 2.05) is 78.9 Å². The summed E-state index contributed by atoms with van der Waals surface area (Å²) in [6.07, 6.45) is 0.976. The molecule has 0 saturated heterocycles. The van der Waals surface area contributed by atoms with Crippen molar-refractivity contribution in [3.05, 3.63) is 132 Å². The van der Waals surface area contributed by atoms with Crippen molar-refractivity contribution in [2.24, 2.45) is 0 Å². The molecule has 0 bridgehead atoms. The molecule has 0 fully saturated rings. The Hall–Kier alpha value is -5.60. The van der Waals surface area contributed by atoms with Gasteiger partial charge in [0, 0.05) is 33.2 Å². The monoisotopic (exact) mass is 527 g/mol. The highest BCUT2D eigenvalue weighted by Gasteiger charge is 2.18. The predicted molar refractivity (Wildman–Crippen MR) is 165 cm³/mol. The lowest BCUT2D eigenvalue weighted by Crippen LogP contribution is -2.02. The fraction of sp³-hybridized carbons (Fsp3) is 0.0556. The highest BCUT2D eigenvalue weighted by molar-refractivity contribution is 6.09. The van der Waals surface area contributed by atoms with Crippen molar-refractivity contribution in [3.63, 3.8) is 0 Å². The van der Waals surface area contributed by atoms with Gasteiger partial charge in [-0.1, -0.05) is 91.9 Å². The van der Waals surface area contributed by atoms with Gasteiger partial charge in [-0.2, -0.15) is 5.26 Å². The van der Waals surface area contributed by atoms with Crippen LogP contribution in [0.1, 0.15) is 18.1 Å². The Morgan fingerprint density at radius 2 is 1.22 bits per heavy atom. The number of para-hydroxylation sites is 1. The second-order valence-corrected chi connectivity index (χ2v) is 9.94. The van der Waals surface area contributed by atoms with Crippen LogP contribution in [0.15, 0.2) is 121 Å². The summed E-state index contributed by atoms with van der Waals surface area (Å²) < 4.78 is 2.26. The highest BCUT2D eigenvalue weighted by Crippen LogP contribution is 2.35. The number of nitriles is 1. The number of hydrogen-bond acceptors (Lipinski definition) is 4. The molecule has 5 nitrogen and oxygen atoms in total. The molecule has 0 unspecified atom stereocenters. The molecule has 5 heteroatoms. The van der Waals surface area contributed by atoms with Gasteiger partial charge >= 0.3 is 0 Å². The van der Waals surface area contributed by atoms with Gasteiger partial charge < -0.3 is 4.57 Å². The Labute approximate surface area is 238 Å². The third-order valence-corrected chi connectivity index (χ3v) is 7.47.